The minimum absolute atomic E-state index is 0.0591. The van der Waals surface area contributed by atoms with Crippen molar-refractivity contribution in [2.75, 3.05) is 11.2 Å². The molecule has 82 valence electrons. The van der Waals surface area contributed by atoms with E-state index in [1.807, 2.05) is 0 Å². The van der Waals surface area contributed by atoms with Gasteiger partial charge in [-0.15, -0.1) is 11.6 Å². The molecule has 4 nitrogen and oxygen atoms in total. The van der Waals surface area contributed by atoms with Crippen molar-refractivity contribution in [1.82, 2.24) is 4.98 Å². The van der Waals surface area contributed by atoms with Gasteiger partial charge in [0.25, 0.3) is 0 Å². The summed E-state index contributed by atoms with van der Waals surface area (Å²) in [6, 6.07) is 3.04. The van der Waals surface area contributed by atoms with Crippen molar-refractivity contribution in [1.29, 1.82) is 0 Å². The van der Waals surface area contributed by atoms with Gasteiger partial charge in [-0.25, -0.2) is 4.98 Å². The van der Waals surface area contributed by atoms with E-state index in [4.69, 9.17) is 11.6 Å². The summed E-state index contributed by atoms with van der Waals surface area (Å²) in [6.07, 6.45) is 1.49. The molecule has 15 heavy (non-hydrogen) atoms. The van der Waals surface area contributed by atoms with E-state index in [0.29, 0.717) is 0 Å². The first-order valence-corrected chi connectivity index (χ1v) is 5.02. The fourth-order valence-corrected chi connectivity index (χ4v) is 0.952. The van der Waals surface area contributed by atoms with E-state index < -0.39 is 5.41 Å². The van der Waals surface area contributed by atoms with Crippen LogP contribution in [0.1, 0.15) is 13.8 Å². The van der Waals surface area contributed by atoms with Gasteiger partial charge in [-0.3, -0.25) is 4.79 Å². The monoisotopic (exact) mass is 228 g/mol. The van der Waals surface area contributed by atoms with Crippen molar-refractivity contribution in [2.45, 2.75) is 13.8 Å². The molecule has 0 unspecified atom stereocenters. The van der Waals surface area contributed by atoms with Crippen LogP contribution in [0.5, 0.6) is 5.75 Å². The van der Waals surface area contributed by atoms with Crippen LogP contribution in [0.3, 0.4) is 0 Å². The summed E-state index contributed by atoms with van der Waals surface area (Å²) in [4.78, 5) is 15.5. The Kier molecular flexibility index (Phi) is 3.52. The molecule has 0 atom stereocenters. The molecule has 1 heterocycles. The predicted octanol–water partition coefficient (Wildman–Crippen LogP) is 1.99. The number of pyridine rings is 1. The van der Waals surface area contributed by atoms with Crippen LogP contribution in [0, 0.1) is 5.41 Å². The Morgan fingerprint density at radius 1 is 1.67 bits per heavy atom. The first-order valence-electron chi connectivity index (χ1n) is 4.49. The predicted molar refractivity (Wildman–Crippen MR) is 59.0 cm³/mol. The van der Waals surface area contributed by atoms with Crippen molar-refractivity contribution >= 4 is 23.3 Å². The SMILES string of the molecule is CC(C)(CCl)C(=O)Nc1ncccc1O. The molecule has 0 aliphatic rings. The standard InChI is InChI=1S/C10H13ClN2O2/c1-10(2,6-11)9(15)13-8-7(14)4-3-5-12-8/h3-5,14H,6H2,1-2H3,(H,12,13,15). The third-order valence-corrected chi connectivity index (χ3v) is 2.64. The highest BCUT2D eigenvalue weighted by molar-refractivity contribution is 6.20. The molecule has 0 aromatic carbocycles. The molecule has 0 saturated carbocycles. The summed E-state index contributed by atoms with van der Waals surface area (Å²) >= 11 is 5.65. The number of aromatic hydroxyl groups is 1. The first-order chi connectivity index (χ1) is 6.97. The smallest absolute Gasteiger partial charge is 0.232 e. The van der Waals surface area contributed by atoms with Crippen LogP contribution in [-0.4, -0.2) is 21.9 Å². The molecule has 1 aromatic rings. The van der Waals surface area contributed by atoms with Gasteiger partial charge in [-0.1, -0.05) is 0 Å². The van der Waals surface area contributed by atoms with Crippen LogP contribution < -0.4 is 5.32 Å². The molecule has 1 amide bonds. The number of hydrogen-bond acceptors (Lipinski definition) is 3. The zero-order valence-corrected chi connectivity index (χ0v) is 9.38. The van der Waals surface area contributed by atoms with Gasteiger partial charge in [0.2, 0.25) is 5.91 Å². The van der Waals surface area contributed by atoms with Gasteiger partial charge in [-0.2, -0.15) is 0 Å². The molecule has 0 spiro atoms. The van der Waals surface area contributed by atoms with Crippen molar-refractivity contribution in [2.24, 2.45) is 5.41 Å². The molecule has 1 rings (SSSR count). The lowest BCUT2D eigenvalue weighted by molar-refractivity contribution is -0.123. The lowest BCUT2D eigenvalue weighted by atomic mass is 9.95. The second-order valence-corrected chi connectivity index (χ2v) is 4.11. The molecule has 2 N–H and O–H groups in total. The molecule has 0 bridgehead atoms. The molecule has 5 heteroatoms. The molecule has 0 aliphatic heterocycles. The summed E-state index contributed by atoms with van der Waals surface area (Å²) in [5.41, 5.74) is -0.689. The van der Waals surface area contributed by atoms with Gasteiger partial charge < -0.3 is 10.4 Å². The summed E-state index contributed by atoms with van der Waals surface area (Å²) in [5, 5.41) is 11.9. The van der Waals surface area contributed by atoms with E-state index in [1.54, 1.807) is 19.9 Å². The highest BCUT2D eigenvalue weighted by Gasteiger charge is 2.27. The molecular formula is C10H13ClN2O2. The number of aromatic nitrogens is 1. The Morgan fingerprint density at radius 2 is 2.33 bits per heavy atom. The molecule has 0 aliphatic carbocycles. The maximum absolute atomic E-state index is 11.7. The van der Waals surface area contributed by atoms with E-state index in [2.05, 4.69) is 10.3 Å². The molecule has 0 saturated heterocycles. The van der Waals surface area contributed by atoms with Gasteiger partial charge >= 0.3 is 0 Å². The van der Waals surface area contributed by atoms with E-state index in [0.717, 1.165) is 0 Å². The Labute approximate surface area is 93.3 Å². The van der Waals surface area contributed by atoms with Crippen LogP contribution in [0.25, 0.3) is 0 Å². The van der Waals surface area contributed by atoms with Gasteiger partial charge in [0.1, 0.15) is 0 Å². The number of nitrogens with zero attached hydrogens (tertiary/aromatic N) is 1. The molecule has 0 radical (unpaired) electrons. The largest absolute Gasteiger partial charge is 0.504 e. The number of carbonyl (C=O) groups is 1. The number of halogens is 1. The summed E-state index contributed by atoms with van der Waals surface area (Å²) in [7, 11) is 0. The lowest BCUT2D eigenvalue weighted by Crippen LogP contribution is -2.32. The summed E-state index contributed by atoms with van der Waals surface area (Å²) < 4.78 is 0. The Morgan fingerprint density at radius 3 is 2.87 bits per heavy atom. The second kappa shape index (κ2) is 4.49. The Bertz CT molecular complexity index is 366. The summed E-state index contributed by atoms with van der Waals surface area (Å²) in [5.74, 6) is 0.0234. The van der Waals surface area contributed by atoms with E-state index in [-0.39, 0.29) is 23.4 Å². The van der Waals surface area contributed by atoms with Crippen molar-refractivity contribution in [3.63, 3.8) is 0 Å². The number of anilines is 1. The number of hydrogen-bond donors (Lipinski definition) is 2. The van der Waals surface area contributed by atoms with E-state index >= 15 is 0 Å². The maximum atomic E-state index is 11.7. The second-order valence-electron chi connectivity index (χ2n) is 3.84. The third kappa shape index (κ3) is 2.83. The minimum Gasteiger partial charge on any atom is -0.504 e. The van der Waals surface area contributed by atoms with Gasteiger partial charge in [0.05, 0.1) is 5.41 Å². The Hall–Kier alpha value is -1.29. The van der Waals surface area contributed by atoms with Crippen LogP contribution in [0.4, 0.5) is 5.82 Å². The quantitative estimate of drug-likeness (QED) is 0.778. The first kappa shape index (κ1) is 11.8. The van der Waals surface area contributed by atoms with Gasteiger partial charge in [0.15, 0.2) is 11.6 Å². The lowest BCUT2D eigenvalue weighted by Gasteiger charge is -2.20. The molecule has 0 fully saturated rings. The fourth-order valence-electron chi connectivity index (χ4n) is 0.831. The average molecular weight is 229 g/mol. The third-order valence-electron chi connectivity index (χ3n) is 1.97. The highest BCUT2D eigenvalue weighted by Crippen LogP contribution is 2.23. The van der Waals surface area contributed by atoms with E-state index in [1.165, 1.54) is 12.3 Å². The molecular weight excluding hydrogens is 216 g/mol. The van der Waals surface area contributed by atoms with Gasteiger partial charge in [0, 0.05) is 12.1 Å². The number of nitrogens with one attached hydrogen (secondary N) is 1. The Balaban J connectivity index is 2.80. The zero-order chi connectivity index (χ0) is 11.5. The zero-order valence-electron chi connectivity index (χ0n) is 8.62. The normalized spacial score (nSPS) is 11.1. The number of alkyl halides is 1. The van der Waals surface area contributed by atoms with Crippen LogP contribution in [-0.2, 0) is 4.79 Å². The number of amides is 1. The molecule has 1 aromatic heterocycles. The average Bonchev–Trinajstić information content (AvgIpc) is 2.21. The van der Waals surface area contributed by atoms with Crippen LogP contribution in [0.15, 0.2) is 18.3 Å². The van der Waals surface area contributed by atoms with Crippen LogP contribution >= 0.6 is 11.6 Å². The van der Waals surface area contributed by atoms with Crippen molar-refractivity contribution in [3.8, 4) is 5.75 Å². The van der Waals surface area contributed by atoms with E-state index in [9.17, 15) is 9.90 Å². The minimum atomic E-state index is -0.689. The van der Waals surface area contributed by atoms with Gasteiger partial charge in [-0.05, 0) is 26.0 Å². The number of carbonyl (C=O) groups excluding carboxylic acids is 1. The fraction of sp³-hybridized carbons (Fsp3) is 0.400. The topological polar surface area (TPSA) is 62.2 Å². The maximum Gasteiger partial charge on any atom is 0.232 e. The van der Waals surface area contributed by atoms with Crippen molar-refractivity contribution < 1.29 is 9.90 Å². The summed E-state index contributed by atoms with van der Waals surface area (Å²) in [6.45, 7) is 3.44. The number of rotatable bonds is 3. The van der Waals surface area contributed by atoms with Crippen LogP contribution in [0.2, 0.25) is 0 Å². The van der Waals surface area contributed by atoms with Crippen molar-refractivity contribution in [3.05, 3.63) is 18.3 Å². The highest BCUT2D eigenvalue weighted by atomic mass is 35.5.